The van der Waals surface area contributed by atoms with Crippen LogP contribution in [0.4, 0.5) is 0 Å². The lowest BCUT2D eigenvalue weighted by atomic mass is 10.2. The summed E-state index contributed by atoms with van der Waals surface area (Å²) in [6.45, 7) is 2.76. The van der Waals surface area contributed by atoms with Crippen molar-refractivity contribution in [3.8, 4) is 0 Å². The van der Waals surface area contributed by atoms with Crippen molar-refractivity contribution >= 4 is 40.1 Å². The quantitative estimate of drug-likeness (QED) is 0.559. The Hall–Kier alpha value is -0.370. The van der Waals surface area contributed by atoms with E-state index in [1.165, 1.54) is 0 Å². The molecule has 0 atom stereocenters. The van der Waals surface area contributed by atoms with E-state index in [2.05, 4.69) is 33.2 Å². The average Bonchev–Trinajstić information content (AvgIpc) is 2.36. The van der Waals surface area contributed by atoms with Crippen molar-refractivity contribution in [2.45, 2.75) is 0 Å². The average molecular weight is 383 g/mol. The largest absolute Gasteiger partial charge is 0.383 e. The van der Waals surface area contributed by atoms with Crippen LogP contribution < -0.4 is 10.6 Å². The zero-order valence-corrected chi connectivity index (χ0v) is 13.0. The third-order valence-corrected chi connectivity index (χ3v) is 3.79. The summed E-state index contributed by atoms with van der Waals surface area (Å²) >= 11 is 8.00. The first-order valence-corrected chi connectivity index (χ1v) is 7.03. The molecule has 6 heteroatoms. The van der Waals surface area contributed by atoms with Crippen molar-refractivity contribution < 1.29 is 9.53 Å². The van der Waals surface area contributed by atoms with Crippen LogP contribution in [0, 0.1) is 3.57 Å². The number of amides is 1. The summed E-state index contributed by atoms with van der Waals surface area (Å²) in [6.07, 6.45) is 0. The zero-order chi connectivity index (χ0) is 13.4. The molecule has 0 aliphatic carbocycles. The Kier molecular flexibility index (Phi) is 7.57. The van der Waals surface area contributed by atoms with Gasteiger partial charge in [0.1, 0.15) is 0 Å². The predicted molar refractivity (Wildman–Crippen MR) is 81.2 cm³/mol. The molecule has 4 nitrogen and oxygen atoms in total. The minimum Gasteiger partial charge on any atom is -0.383 e. The summed E-state index contributed by atoms with van der Waals surface area (Å²) in [5, 5.41) is 6.65. The van der Waals surface area contributed by atoms with Crippen LogP contribution in [0.1, 0.15) is 10.4 Å². The Morgan fingerprint density at radius 2 is 2.17 bits per heavy atom. The van der Waals surface area contributed by atoms with Gasteiger partial charge >= 0.3 is 0 Å². The van der Waals surface area contributed by atoms with Gasteiger partial charge in [-0.1, -0.05) is 11.6 Å². The van der Waals surface area contributed by atoms with Gasteiger partial charge in [-0.3, -0.25) is 4.79 Å². The van der Waals surface area contributed by atoms with E-state index in [1.54, 1.807) is 25.3 Å². The standard InChI is InChI=1S/C12H16ClIN2O2/c1-18-7-6-15-4-5-16-12(17)9-2-3-10(13)11(14)8-9/h2-3,8,15H,4-7H2,1H3,(H,16,17). The first-order chi connectivity index (χ1) is 8.65. The van der Waals surface area contributed by atoms with Crippen molar-refractivity contribution in [2.24, 2.45) is 0 Å². The van der Waals surface area contributed by atoms with E-state index in [9.17, 15) is 4.79 Å². The Morgan fingerprint density at radius 3 is 2.83 bits per heavy atom. The van der Waals surface area contributed by atoms with Crippen LogP contribution in [-0.2, 0) is 4.74 Å². The van der Waals surface area contributed by atoms with Crippen LogP contribution in [0.2, 0.25) is 5.02 Å². The topological polar surface area (TPSA) is 50.4 Å². The fourth-order valence-corrected chi connectivity index (χ4v) is 1.94. The fraction of sp³-hybridized carbons (Fsp3) is 0.417. The van der Waals surface area contributed by atoms with Crippen molar-refractivity contribution in [3.05, 3.63) is 32.4 Å². The third kappa shape index (κ3) is 5.51. The van der Waals surface area contributed by atoms with Crippen LogP contribution in [-0.4, -0.2) is 39.3 Å². The normalized spacial score (nSPS) is 10.4. The van der Waals surface area contributed by atoms with Gasteiger partial charge in [0, 0.05) is 35.9 Å². The summed E-state index contributed by atoms with van der Waals surface area (Å²) in [4.78, 5) is 11.8. The van der Waals surface area contributed by atoms with Gasteiger partial charge in [0.25, 0.3) is 5.91 Å². The molecule has 0 heterocycles. The first kappa shape index (κ1) is 15.7. The molecule has 18 heavy (non-hydrogen) atoms. The lowest BCUT2D eigenvalue weighted by Crippen LogP contribution is -2.33. The SMILES string of the molecule is COCCNCCNC(=O)c1ccc(Cl)c(I)c1. The molecule has 0 aromatic heterocycles. The maximum atomic E-state index is 11.8. The molecular formula is C12H16ClIN2O2. The molecule has 0 bridgehead atoms. The molecular weight excluding hydrogens is 367 g/mol. The van der Waals surface area contributed by atoms with E-state index in [-0.39, 0.29) is 5.91 Å². The summed E-state index contributed by atoms with van der Waals surface area (Å²) in [5.41, 5.74) is 0.626. The third-order valence-electron chi connectivity index (χ3n) is 2.25. The second kappa shape index (κ2) is 8.68. The number of benzene rings is 1. The first-order valence-electron chi connectivity index (χ1n) is 5.58. The number of nitrogens with one attached hydrogen (secondary N) is 2. The maximum absolute atomic E-state index is 11.8. The molecule has 0 aliphatic rings. The van der Waals surface area contributed by atoms with Gasteiger partial charge in [-0.05, 0) is 40.8 Å². The Bertz CT molecular complexity index is 402. The molecule has 1 amide bonds. The molecule has 0 radical (unpaired) electrons. The van der Waals surface area contributed by atoms with Gasteiger partial charge in [0.15, 0.2) is 0 Å². The summed E-state index contributed by atoms with van der Waals surface area (Å²) < 4.78 is 5.78. The van der Waals surface area contributed by atoms with E-state index in [0.717, 1.165) is 16.7 Å². The molecule has 2 N–H and O–H groups in total. The molecule has 0 spiro atoms. The zero-order valence-electron chi connectivity index (χ0n) is 10.1. The van der Waals surface area contributed by atoms with Gasteiger partial charge in [0.05, 0.1) is 11.6 Å². The predicted octanol–water partition coefficient (Wildman–Crippen LogP) is 1.91. The van der Waals surface area contributed by atoms with Crippen LogP contribution in [0.25, 0.3) is 0 Å². The number of methoxy groups -OCH3 is 1. The molecule has 1 rings (SSSR count). The van der Waals surface area contributed by atoms with E-state index in [1.807, 2.05) is 0 Å². The number of halogens is 2. The second-order valence-corrected chi connectivity index (χ2v) is 5.20. The van der Waals surface area contributed by atoms with E-state index < -0.39 is 0 Å². The second-order valence-electron chi connectivity index (χ2n) is 3.63. The monoisotopic (exact) mass is 382 g/mol. The molecule has 100 valence electrons. The number of ether oxygens (including phenoxy) is 1. The highest BCUT2D eigenvalue weighted by molar-refractivity contribution is 14.1. The van der Waals surface area contributed by atoms with Crippen molar-refractivity contribution in [3.63, 3.8) is 0 Å². The lowest BCUT2D eigenvalue weighted by molar-refractivity contribution is 0.0953. The molecule has 0 fully saturated rings. The van der Waals surface area contributed by atoms with Gasteiger partial charge in [-0.2, -0.15) is 0 Å². The molecule has 0 aliphatic heterocycles. The summed E-state index contributed by atoms with van der Waals surface area (Å²) in [5.74, 6) is -0.0851. The molecule has 0 saturated carbocycles. The van der Waals surface area contributed by atoms with Gasteiger partial charge in [0.2, 0.25) is 0 Å². The van der Waals surface area contributed by atoms with E-state index in [4.69, 9.17) is 16.3 Å². The summed E-state index contributed by atoms with van der Waals surface area (Å²) in [6, 6.07) is 5.23. The van der Waals surface area contributed by atoms with Crippen molar-refractivity contribution in [1.82, 2.24) is 10.6 Å². The minimum absolute atomic E-state index is 0.0851. The van der Waals surface area contributed by atoms with Crippen molar-refractivity contribution in [1.29, 1.82) is 0 Å². The highest BCUT2D eigenvalue weighted by atomic mass is 127. The maximum Gasteiger partial charge on any atom is 0.251 e. The van der Waals surface area contributed by atoms with E-state index in [0.29, 0.717) is 23.7 Å². The molecule has 1 aromatic carbocycles. The number of hydrogen-bond acceptors (Lipinski definition) is 3. The van der Waals surface area contributed by atoms with Crippen LogP contribution in [0.5, 0.6) is 0 Å². The number of carbonyl (C=O) groups excluding carboxylic acids is 1. The number of hydrogen-bond donors (Lipinski definition) is 2. The van der Waals surface area contributed by atoms with Crippen molar-refractivity contribution in [2.75, 3.05) is 33.4 Å². The van der Waals surface area contributed by atoms with Gasteiger partial charge in [-0.25, -0.2) is 0 Å². The van der Waals surface area contributed by atoms with Gasteiger partial charge < -0.3 is 15.4 Å². The smallest absolute Gasteiger partial charge is 0.251 e. The minimum atomic E-state index is -0.0851. The Labute approximate surface area is 126 Å². The number of rotatable bonds is 7. The highest BCUT2D eigenvalue weighted by Gasteiger charge is 2.06. The fourth-order valence-electron chi connectivity index (χ4n) is 1.30. The van der Waals surface area contributed by atoms with Crippen LogP contribution in [0.15, 0.2) is 18.2 Å². The molecule has 0 unspecified atom stereocenters. The Morgan fingerprint density at radius 1 is 1.39 bits per heavy atom. The van der Waals surface area contributed by atoms with Crippen LogP contribution in [0.3, 0.4) is 0 Å². The Balaban J connectivity index is 2.30. The summed E-state index contributed by atoms with van der Waals surface area (Å²) in [7, 11) is 1.66. The lowest BCUT2D eigenvalue weighted by Gasteiger charge is -2.07. The number of carbonyl (C=O) groups is 1. The van der Waals surface area contributed by atoms with Crippen LogP contribution >= 0.6 is 34.2 Å². The van der Waals surface area contributed by atoms with Gasteiger partial charge in [-0.15, -0.1) is 0 Å². The highest BCUT2D eigenvalue weighted by Crippen LogP contribution is 2.19. The molecule has 1 aromatic rings. The van der Waals surface area contributed by atoms with E-state index >= 15 is 0 Å². The molecule has 0 saturated heterocycles.